The van der Waals surface area contributed by atoms with Crippen molar-refractivity contribution in [2.45, 2.75) is 0 Å². The van der Waals surface area contributed by atoms with Gasteiger partial charge in [-0.15, -0.1) is 0 Å². The molecule has 11 aromatic carbocycles. The predicted molar refractivity (Wildman–Crippen MR) is 284 cm³/mol. The Bertz CT molecular complexity index is 3920. The third kappa shape index (κ3) is 6.65. The molecule has 0 aliphatic carbocycles. The second kappa shape index (κ2) is 16.5. The molecule has 68 heavy (non-hydrogen) atoms. The molecule has 13 rings (SSSR count). The molecule has 0 fully saturated rings. The molecule has 2 heteroatoms. The summed E-state index contributed by atoms with van der Waals surface area (Å²) in [5, 5.41) is 6.89. The highest BCUT2D eigenvalue weighted by atomic mass is 16.3. The molecule has 0 atom stereocenters. The van der Waals surface area contributed by atoms with Crippen molar-refractivity contribution in [3.8, 4) is 89.4 Å². The summed E-state index contributed by atoms with van der Waals surface area (Å²) < 4.78 is 15.1. The average Bonchev–Trinajstić information content (AvgIpc) is 4.01. The van der Waals surface area contributed by atoms with Crippen molar-refractivity contribution in [2.75, 3.05) is 0 Å². The van der Waals surface area contributed by atoms with Crippen LogP contribution >= 0.6 is 0 Å². The van der Waals surface area contributed by atoms with Gasteiger partial charge in [0, 0.05) is 44.2 Å². The van der Waals surface area contributed by atoms with Crippen molar-refractivity contribution in [1.82, 2.24) is 0 Å². The highest BCUT2D eigenvalue weighted by Gasteiger charge is 2.32. The van der Waals surface area contributed by atoms with Crippen molar-refractivity contribution >= 4 is 43.5 Å². The summed E-state index contributed by atoms with van der Waals surface area (Å²) in [4.78, 5) is 0. The fourth-order valence-electron chi connectivity index (χ4n) is 10.3. The maximum atomic E-state index is 7.57. The van der Waals surface area contributed by atoms with Crippen LogP contribution in [0.15, 0.2) is 264 Å². The Morgan fingerprint density at radius 3 is 1.13 bits per heavy atom. The number of hydrogen-bond acceptors (Lipinski definition) is 2. The van der Waals surface area contributed by atoms with Gasteiger partial charge in [0.2, 0.25) is 0 Å². The fourth-order valence-corrected chi connectivity index (χ4v) is 10.3. The van der Waals surface area contributed by atoms with Crippen LogP contribution in [0.4, 0.5) is 0 Å². The van der Waals surface area contributed by atoms with E-state index in [1.807, 2.05) is 0 Å². The zero-order valence-electron chi connectivity index (χ0n) is 37.1. The lowest BCUT2D eigenvalue weighted by Crippen LogP contribution is -1.90. The van der Waals surface area contributed by atoms with E-state index >= 15 is 0 Å². The smallest absolute Gasteiger partial charge is 0.144 e. The molecular weight excluding hydrogens is 825 g/mol. The van der Waals surface area contributed by atoms with E-state index in [9.17, 15) is 0 Å². The molecule has 0 unspecified atom stereocenters. The van der Waals surface area contributed by atoms with Gasteiger partial charge < -0.3 is 8.83 Å². The molecule has 318 valence electrons. The molecule has 0 amide bonds. The third-order valence-electron chi connectivity index (χ3n) is 13.5. The average molecular weight is 867 g/mol. The van der Waals surface area contributed by atoms with Gasteiger partial charge in [-0.3, -0.25) is 0 Å². The van der Waals surface area contributed by atoms with Crippen LogP contribution in [0.5, 0.6) is 0 Å². The van der Waals surface area contributed by atoms with Gasteiger partial charge in [0.15, 0.2) is 0 Å². The third-order valence-corrected chi connectivity index (χ3v) is 13.5. The Hall–Kier alpha value is -8.98. The molecular formula is C66H42O2. The summed E-state index contributed by atoms with van der Waals surface area (Å²) in [5.41, 5.74) is 16.5. The van der Waals surface area contributed by atoms with E-state index in [-0.39, 0.29) is 0 Å². The number of rotatable bonds is 8. The maximum absolute atomic E-state index is 7.57. The van der Waals surface area contributed by atoms with Crippen molar-refractivity contribution in [1.29, 1.82) is 0 Å². The van der Waals surface area contributed by atoms with Crippen molar-refractivity contribution in [3.63, 3.8) is 0 Å². The Morgan fingerprint density at radius 2 is 0.603 bits per heavy atom. The first-order valence-electron chi connectivity index (χ1n) is 23.2. The summed E-state index contributed by atoms with van der Waals surface area (Å²) in [7, 11) is 0. The highest BCUT2D eigenvalue weighted by molar-refractivity contribution is 6.27. The van der Waals surface area contributed by atoms with E-state index in [0.29, 0.717) is 0 Å². The largest absolute Gasteiger partial charge is 0.455 e. The molecule has 0 aliphatic rings. The van der Waals surface area contributed by atoms with Gasteiger partial charge in [0.1, 0.15) is 22.7 Å². The van der Waals surface area contributed by atoms with Crippen LogP contribution in [0.2, 0.25) is 0 Å². The van der Waals surface area contributed by atoms with E-state index in [2.05, 4.69) is 255 Å². The first-order chi connectivity index (χ1) is 33.7. The van der Waals surface area contributed by atoms with Crippen molar-refractivity contribution < 1.29 is 8.83 Å². The molecule has 0 radical (unpaired) electrons. The SMILES string of the molecule is c1ccc(-c2oc3c(-c4ccc(-c5cccc6ccccc56)cc4)c4c(-c5ccccc5)c(-c5ccccc5)oc4c(-c4ccc(-c5ccc6ccccc6c5)cc4)c3c2-c2ccccc2)cc1. The van der Waals surface area contributed by atoms with Crippen LogP contribution in [-0.4, -0.2) is 0 Å². The molecule has 2 heterocycles. The molecule has 13 aromatic rings. The molecule has 0 aliphatic heterocycles. The van der Waals surface area contributed by atoms with Crippen LogP contribution in [-0.2, 0) is 0 Å². The molecule has 0 bridgehead atoms. The summed E-state index contributed by atoms with van der Waals surface area (Å²) in [6.07, 6.45) is 0. The second-order valence-electron chi connectivity index (χ2n) is 17.5. The van der Waals surface area contributed by atoms with Gasteiger partial charge in [-0.05, 0) is 72.1 Å². The Balaban J connectivity index is 1.17. The maximum Gasteiger partial charge on any atom is 0.144 e. The zero-order chi connectivity index (χ0) is 45.0. The van der Waals surface area contributed by atoms with Crippen molar-refractivity contribution in [3.05, 3.63) is 255 Å². The lowest BCUT2D eigenvalue weighted by molar-refractivity contribution is 0.630. The summed E-state index contributed by atoms with van der Waals surface area (Å²) in [6, 6.07) is 90.9. The van der Waals surface area contributed by atoms with Crippen LogP contribution < -0.4 is 0 Å². The molecule has 0 spiro atoms. The van der Waals surface area contributed by atoms with E-state index in [1.54, 1.807) is 0 Å². The van der Waals surface area contributed by atoms with E-state index in [4.69, 9.17) is 8.83 Å². The number of hydrogen-bond donors (Lipinski definition) is 0. The lowest BCUT2D eigenvalue weighted by atomic mass is 9.85. The Morgan fingerprint density at radius 1 is 0.221 bits per heavy atom. The fraction of sp³-hybridized carbons (Fsp3) is 0. The van der Waals surface area contributed by atoms with Gasteiger partial charge in [0.25, 0.3) is 0 Å². The molecule has 2 nitrogen and oxygen atoms in total. The second-order valence-corrected chi connectivity index (χ2v) is 17.5. The minimum Gasteiger partial charge on any atom is -0.455 e. The quantitative estimate of drug-likeness (QED) is 0.152. The number of furan rings is 2. The molecule has 2 aromatic heterocycles. The lowest BCUT2D eigenvalue weighted by Gasteiger charge is -2.15. The van der Waals surface area contributed by atoms with Gasteiger partial charge in [-0.25, -0.2) is 0 Å². The van der Waals surface area contributed by atoms with E-state index in [0.717, 1.165) is 100 Å². The molecule has 0 N–H and O–H groups in total. The van der Waals surface area contributed by atoms with Gasteiger partial charge >= 0.3 is 0 Å². The molecule has 0 saturated heterocycles. The van der Waals surface area contributed by atoms with Gasteiger partial charge in [-0.2, -0.15) is 0 Å². The summed E-state index contributed by atoms with van der Waals surface area (Å²) in [5.74, 6) is 1.62. The highest BCUT2D eigenvalue weighted by Crippen LogP contribution is 2.56. The van der Waals surface area contributed by atoms with Crippen LogP contribution in [0.1, 0.15) is 0 Å². The molecule has 0 saturated carbocycles. The van der Waals surface area contributed by atoms with Crippen LogP contribution in [0, 0.1) is 0 Å². The first-order valence-corrected chi connectivity index (χ1v) is 23.2. The van der Waals surface area contributed by atoms with Gasteiger partial charge in [-0.1, -0.05) is 249 Å². The van der Waals surface area contributed by atoms with E-state index in [1.165, 1.54) is 32.7 Å². The monoisotopic (exact) mass is 866 g/mol. The standard InChI is InChI=1S/C66H42O2/c1-5-20-47(21-6-1)57-61-59(49-37-32-44(33-38-49)54-41-34-43-18-13-14-28-53(43)42-54)65-62(58(48-22-7-2-8-23-48)64(67-65)52-26-11-4-12-27-52)60(66(61)68-63(57)51-24-9-3-10-25-51)50-39-35-46(36-40-50)56-31-17-29-45-19-15-16-30-55(45)56/h1-42H. The number of fused-ring (bicyclic) bond motifs is 4. The number of benzene rings is 11. The topological polar surface area (TPSA) is 26.3 Å². The van der Waals surface area contributed by atoms with Gasteiger partial charge in [0.05, 0.1) is 0 Å². The van der Waals surface area contributed by atoms with Crippen LogP contribution in [0.25, 0.3) is 133 Å². The summed E-state index contributed by atoms with van der Waals surface area (Å²) >= 11 is 0. The van der Waals surface area contributed by atoms with E-state index < -0.39 is 0 Å². The van der Waals surface area contributed by atoms with Crippen LogP contribution in [0.3, 0.4) is 0 Å². The summed E-state index contributed by atoms with van der Waals surface area (Å²) in [6.45, 7) is 0. The Labute approximate surface area is 394 Å². The first kappa shape index (κ1) is 39.4. The minimum absolute atomic E-state index is 0.805. The predicted octanol–water partition coefficient (Wildman–Crippen LogP) is 18.8. The Kier molecular flexibility index (Phi) is 9.54. The minimum atomic E-state index is 0.805. The normalized spacial score (nSPS) is 11.5. The zero-order valence-corrected chi connectivity index (χ0v) is 37.1. The van der Waals surface area contributed by atoms with Crippen molar-refractivity contribution in [2.24, 2.45) is 0 Å².